The van der Waals surface area contributed by atoms with Crippen LogP contribution in [0.5, 0.6) is 0 Å². The molecule has 1 N–H and O–H groups in total. The third-order valence-electron chi connectivity index (χ3n) is 3.72. The van der Waals surface area contributed by atoms with Gasteiger partial charge < -0.3 is 5.32 Å². The molecular formula is C16H27NO2S. The van der Waals surface area contributed by atoms with Crippen LogP contribution >= 0.6 is 0 Å². The molecule has 0 aliphatic rings. The predicted molar refractivity (Wildman–Crippen MR) is 85.8 cm³/mol. The van der Waals surface area contributed by atoms with Gasteiger partial charge in [-0.2, -0.15) is 0 Å². The Bertz CT molecular complexity index is 457. The largest absolute Gasteiger partial charge is 0.317 e. The topological polar surface area (TPSA) is 46.2 Å². The van der Waals surface area contributed by atoms with E-state index in [2.05, 4.69) is 29.6 Å². The molecule has 114 valence electrons. The van der Waals surface area contributed by atoms with E-state index in [1.54, 1.807) is 6.92 Å². The zero-order chi connectivity index (χ0) is 14.8. The van der Waals surface area contributed by atoms with E-state index in [-0.39, 0.29) is 5.75 Å². The first-order chi connectivity index (χ1) is 9.57. The highest BCUT2D eigenvalue weighted by Crippen LogP contribution is 2.10. The summed E-state index contributed by atoms with van der Waals surface area (Å²) in [5.41, 5.74) is 1.37. The van der Waals surface area contributed by atoms with E-state index in [1.807, 2.05) is 13.1 Å². The van der Waals surface area contributed by atoms with Gasteiger partial charge in [0, 0.05) is 11.8 Å². The Balaban J connectivity index is 2.23. The standard InChI is InChI=1S/C16H27NO2S/c1-3-20(18,19)14-8-13-16(17-2)12-7-11-15-9-5-4-6-10-15/h4-6,9-10,16-17H,3,7-8,11-14H2,1-2H3. The first kappa shape index (κ1) is 17.2. The number of hydrogen-bond donors (Lipinski definition) is 1. The van der Waals surface area contributed by atoms with Crippen LogP contribution < -0.4 is 5.32 Å². The van der Waals surface area contributed by atoms with Crippen molar-refractivity contribution in [3.63, 3.8) is 0 Å². The van der Waals surface area contributed by atoms with Crippen LogP contribution in [0.1, 0.15) is 38.2 Å². The third-order valence-corrected chi connectivity index (χ3v) is 5.51. The molecule has 0 bridgehead atoms. The Labute approximate surface area is 123 Å². The maximum atomic E-state index is 11.4. The molecule has 0 fully saturated rings. The zero-order valence-electron chi connectivity index (χ0n) is 12.6. The lowest BCUT2D eigenvalue weighted by Gasteiger charge is -2.15. The van der Waals surface area contributed by atoms with E-state index in [4.69, 9.17) is 0 Å². The fraction of sp³-hybridized carbons (Fsp3) is 0.625. The molecule has 0 aliphatic carbocycles. The van der Waals surface area contributed by atoms with Crippen molar-refractivity contribution in [2.75, 3.05) is 18.6 Å². The lowest BCUT2D eigenvalue weighted by molar-refractivity contribution is 0.468. The van der Waals surface area contributed by atoms with Crippen molar-refractivity contribution in [3.05, 3.63) is 35.9 Å². The van der Waals surface area contributed by atoms with Gasteiger partial charge in [0.1, 0.15) is 9.84 Å². The summed E-state index contributed by atoms with van der Waals surface area (Å²) in [6, 6.07) is 10.9. The summed E-state index contributed by atoms with van der Waals surface area (Å²) < 4.78 is 22.9. The minimum absolute atomic E-state index is 0.255. The second kappa shape index (κ2) is 9.14. The summed E-state index contributed by atoms with van der Waals surface area (Å²) in [5.74, 6) is 0.575. The molecule has 1 atom stereocenters. The molecule has 1 unspecified atom stereocenters. The predicted octanol–water partition coefficient (Wildman–Crippen LogP) is 2.81. The van der Waals surface area contributed by atoms with Crippen LogP contribution in [0.4, 0.5) is 0 Å². The van der Waals surface area contributed by atoms with Gasteiger partial charge in [0.05, 0.1) is 5.75 Å². The maximum Gasteiger partial charge on any atom is 0.150 e. The molecule has 0 heterocycles. The van der Waals surface area contributed by atoms with Crippen LogP contribution in [0, 0.1) is 0 Å². The van der Waals surface area contributed by atoms with Crippen molar-refractivity contribution >= 4 is 9.84 Å². The first-order valence-electron chi connectivity index (χ1n) is 7.49. The zero-order valence-corrected chi connectivity index (χ0v) is 13.5. The summed E-state index contributed by atoms with van der Waals surface area (Å²) in [7, 11) is -0.855. The summed E-state index contributed by atoms with van der Waals surface area (Å²) in [4.78, 5) is 0. The normalized spacial score (nSPS) is 13.3. The van der Waals surface area contributed by atoms with Crippen molar-refractivity contribution < 1.29 is 8.42 Å². The van der Waals surface area contributed by atoms with Crippen LogP contribution in [0.25, 0.3) is 0 Å². The van der Waals surface area contributed by atoms with Crippen LogP contribution in [0.2, 0.25) is 0 Å². The SMILES string of the molecule is CCS(=O)(=O)CCCC(CCCc1ccccc1)NC. The molecule has 0 spiro atoms. The highest BCUT2D eigenvalue weighted by Gasteiger charge is 2.10. The molecule has 0 radical (unpaired) electrons. The van der Waals surface area contributed by atoms with E-state index < -0.39 is 9.84 Å². The van der Waals surface area contributed by atoms with Gasteiger partial charge in [0.2, 0.25) is 0 Å². The van der Waals surface area contributed by atoms with E-state index >= 15 is 0 Å². The number of sulfone groups is 1. The second-order valence-electron chi connectivity index (χ2n) is 5.24. The monoisotopic (exact) mass is 297 g/mol. The van der Waals surface area contributed by atoms with E-state index in [9.17, 15) is 8.42 Å². The smallest absolute Gasteiger partial charge is 0.150 e. The summed E-state index contributed by atoms with van der Waals surface area (Å²) in [5, 5.41) is 3.30. The van der Waals surface area contributed by atoms with Gasteiger partial charge in [-0.05, 0) is 44.7 Å². The Morgan fingerprint density at radius 2 is 1.75 bits per heavy atom. The van der Waals surface area contributed by atoms with Crippen molar-refractivity contribution in [1.82, 2.24) is 5.32 Å². The maximum absolute atomic E-state index is 11.4. The minimum Gasteiger partial charge on any atom is -0.317 e. The molecular weight excluding hydrogens is 270 g/mol. The summed E-state index contributed by atoms with van der Waals surface area (Å²) in [6.07, 6.45) is 5.01. The lowest BCUT2D eigenvalue weighted by Crippen LogP contribution is -2.26. The number of benzene rings is 1. The molecule has 0 saturated carbocycles. The molecule has 1 aromatic carbocycles. The van der Waals surface area contributed by atoms with Crippen molar-refractivity contribution in [3.8, 4) is 0 Å². The number of nitrogens with one attached hydrogen (secondary N) is 1. The molecule has 4 heteroatoms. The lowest BCUT2D eigenvalue weighted by atomic mass is 10.0. The van der Waals surface area contributed by atoms with Gasteiger partial charge in [0.25, 0.3) is 0 Å². The second-order valence-corrected chi connectivity index (χ2v) is 7.71. The van der Waals surface area contributed by atoms with Crippen molar-refractivity contribution in [2.24, 2.45) is 0 Å². The average molecular weight is 297 g/mol. The van der Waals surface area contributed by atoms with E-state index in [0.717, 1.165) is 32.1 Å². The summed E-state index contributed by atoms with van der Waals surface area (Å²) >= 11 is 0. The third kappa shape index (κ3) is 7.06. The van der Waals surface area contributed by atoms with E-state index in [0.29, 0.717) is 11.8 Å². The van der Waals surface area contributed by atoms with Crippen LogP contribution in [0.15, 0.2) is 30.3 Å². The molecule has 0 saturated heterocycles. The van der Waals surface area contributed by atoms with Gasteiger partial charge in [-0.1, -0.05) is 37.3 Å². The molecule has 0 amide bonds. The average Bonchev–Trinajstić information content (AvgIpc) is 2.46. The number of hydrogen-bond acceptors (Lipinski definition) is 3. The van der Waals surface area contributed by atoms with E-state index in [1.165, 1.54) is 5.56 Å². The minimum atomic E-state index is -2.81. The Morgan fingerprint density at radius 3 is 2.35 bits per heavy atom. The molecule has 1 rings (SSSR count). The van der Waals surface area contributed by atoms with Crippen molar-refractivity contribution in [2.45, 2.75) is 45.1 Å². The number of aryl methyl sites for hydroxylation is 1. The summed E-state index contributed by atoms with van der Waals surface area (Å²) in [6.45, 7) is 1.71. The van der Waals surface area contributed by atoms with Crippen LogP contribution in [-0.2, 0) is 16.3 Å². The van der Waals surface area contributed by atoms with Crippen LogP contribution in [-0.4, -0.2) is 33.0 Å². The molecule has 0 aliphatic heterocycles. The fourth-order valence-electron chi connectivity index (χ4n) is 2.32. The van der Waals surface area contributed by atoms with Gasteiger partial charge in [-0.3, -0.25) is 0 Å². The van der Waals surface area contributed by atoms with Gasteiger partial charge in [-0.25, -0.2) is 8.42 Å². The highest BCUT2D eigenvalue weighted by molar-refractivity contribution is 7.91. The number of rotatable bonds is 10. The quantitative estimate of drug-likeness (QED) is 0.722. The Kier molecular flexibility index (Phi) is 7.85. The Hall–Kier alpha value is -0.870. The molecule has 1 aromatic rings. The fourth-order valence-corrected chi connectivity index (χ4v) is 3.22. The Morgan fingerprint density at radius 1 is 1.10 bits per heavy atom. The molecule has 3 nitrogen and oxygen atoms in total. The van der Waals surface area contributed by atoms with Crippen LogP contribution in [0.3, 0.4) is 0 Å². The van der Waals surface area contributed by atoms with Gasteiger partial charge in [0.15, 0.2) is 0 Å². The molecule has 20 heavy (non-hydrogen) atoms. The van der Waals surface area contributed by atoms with Gasteiger partial charge >= 0.3 is 0 Å². The molecule has 0 aromatic heterocycles. The van der Waals surface area contributed by atoms with Crippen molar-refractivity contribution in [1.29, 1.82) is 0 Å². The highest BCUT2D eigenvalue weighted by atomic mass is 32.2. The van der Waals surface area contributed by atoms with Gasteiger partial charge in [-0.15, -0.1) is 0 Å². The first-order valence-corrected chi connectivity index (χ1v) is 9.31.